The number of rotatable bonds is 6. The predicted molar refractivity (Wildman–Crippen MR) is 83.4 cm³/mol. The van der Waals surface area contributed by atoms with E-state index in [1.165, 1.54) is 0 Å². The molecule has 0 aliphatic rings. The lowest BCUT2D eigenvalue weighted by atomic mass is 10.0. The Balaban J connectivity index is 2.06. The van der Waals surface area contributed by atoms with Crippen molar-refractivity contribution in [2.24, 2.45) is 0 Å². The van der Waals surface area contributed by atoms with Gasteiger partial charge >= 0.3 is 11.9 Å². The summed E-state index contributed by atoms with van der Waals surface area (Å²) in [6.07, 6.45) is 4.72. The Bertz CT molecular complexity index is 655. The van der Waals surface area contributed by atoms with E-state index in [1.54, 1.807) is 48.5 Å². The van der Waals surface area contributed by atoms with Gasteiger partial charge in [-0.1, -0.05) is 48.6 Å². The van der Waals surface area contributed by atoms with Gasteiger partial charge in [-0.05, 0) is 36.1 Å². The highest BCUT2D eigenvalue weighted by Gasteiger charge is 2.08. The zero-order chi connectivity index (χ0) is 15.9. The van der Waals surface area contributed by atoms with E-state index in [0.717, 1.165) is 11.1 Å². The standard InChI is InChI=1S/C18H16O4/c19-17(20)15-11-5-3-9-13(15)7-1-2-8-14-10-4-6-12-16(14)18(21)22/h1-6,9-12H,7-8H2,(H,19,20)(H,21,22)/b2-1-. The molecular weight excluding hydrogens is 280 g/mol. The van der Waals surface area contributed by atoms with Crippen LogP contribution in [0.25, 0.3) is 0 Å². The lowest BCUT2D eigenvalue weighted by molar-refractivity contribution is 0.0685. The minimum Gasteiger partial charge on any atom is -0.478 e. The van der Waals surface area contributed by atoms with E-state index in [1.807, 2.05) is 12.2 Å². The Morgan fingerprint density at radius 1 is 0.727 bits per heavy atom. The average molecular weight is 296 g/mol. The second-order valence-electron chi connectivity index (χ2n) is 4.80. The fourth-order valence-corrected chi connectivity index (χ4v) is 2.23. The molecule has 0 atom stereocenters. The fourth-order valence-electron chi connectivity index (χ4n) is 2.23. The number of carboxylic acids is 2. The molecule has 0 saturated carbocycles. The van der Waals surface area contributed by atoms with Crippen molar-refractivity contribution in [1.29, 1.82) is 0 Å². The van der Waals surface area contributed by atoms with Crippen molar-refractivity contribution >= 4 is 11.9 Å². The molecule has 4 nitrogen and oxygen atoms in total. The van der Waals surface area contributed by atoms with Crippen LogP contribution in [0.4, 0.5) is 0 Å². The van der Waals surface area contributed by atoms with E-state index in [-0.39, 0.29) is 11.1 Å². The van der Waals surface area contributed by atoms with Crippen LogP contribution in [0.15, 0.2) is 60.7 Å². The first-order valence-corrected chi connectivity index (χ1v) is 6.87. The maximum absolute atomic E-state index is 11.1. The first-order valence-electron chi connectivity index (χ1n) is 6.87. The van der Waals surface area contributed by atoms with Crippen molar-refractivity contribution in [1.82, 2.24) is 0 Å². The third-order valence-electron chi connectivity index (χ3n) is 3.34. The quantitative estimate of drug-likeness (QED) is 0.801. The van der Waals surface area contributed by atoms with Gasteiger partial charge in [0.25, 0.3) is 0 Å². The number of benzene rings is 2. The largest absolute Gasteiger partial charge is 0.478 e. The Kier molecular flexibility index (Phi) is 5.09. The molecule has 0 fully saturated rings. The van der Waals surface area contributed by atoms with Crippen LogP contribution < -0.4 is 0 Å². The summed E-state index contributed by atoms with van der Waals surface area (Å²) in [5.41, 5.74) is 2.05. The highest BCUT2D eigenvalue weighted by molar-refractivity contribution is 5.90. The van der Waals surface area contributed by atoms with Crippen molar-refractivity contribution < 1.29 is 19.8 Å². The molecule has 112 valence electrons. The molecular formula is C18H16O4. The fraction of sp³-hybridized carbons (Fsp3) is 0.111. The maximum Gasteiger partial charge on any atom is 0.335 e. The van der Waals surface area contributed by atoms with Crippen LogP contribution in [-0.2, 0) is 12.8 Å². The highest BCUT2D eigenvalue weighted by atomic mass is 16.4. The Hall–Kier alpha value is -2.88. The number of carboxylic acid groups (broad SMARTS) is 2. The topological polar surface area (TPSA) is 74.6 Å². The van der Waals surface area contributed by atoms with Crippen molar-refractivity contribution in [2.75, 3.05) is 0 Å². The van der Waals surface area contributed by atoms with Crippen LogP contribution in [-0.4, -0.2) is 22.2 Å². The summed E-state index contributed by atoms with van der Waals surface area (Å²) in [6, 6.07) is 13.7. The Morgan fingerprint density at radius 2 is 1.09 bits per heavy atom. The van der Waals surface area contributed by atoms with Gasteiger partial charge in [-0.2, -0.15) is 0 Å². The van der Waals surface area contributed by atoms with Crippen LogP contribution in [0.1, 0.15) is 31.8 Å². The minimum absolute atomic E-state index is 0.290. The van der Waals surface area contributed by atoms with Gasteiger partial charge in [0.1, 0.15) is 0 Å². The average Bonchev–Trinajstić information content (AvgIpc) is 2.52. The lowest BCUT2D eigenvalue weighted by Crippen LogP contribution is -2.02. The van der Waals surface area contributed by atoms with E-state index < -0.39 is 11.9 Å². The molecule has 0 bridgehead atoms. The molecule has 2 N–H and O–H groups in total. The van der Waals surface area contributed by atoms with Gasteiger partial charge in [0.05, 0.1) is 11.1 Å². The second-order valence-corrected chi connectivity index (χ2v) is 4.80. The van der Waals surface area contributed by atoms with Crippen LogP contribution >= 0.6 is 0 Å². The molecule has 0 heterocycles. The number of aromatic carboxylic acids is 2. The minimum atomic E-state index is -0.944. The van der Waals surface area contributed by atoms with Gasteiger partial charge < -0.3 is 10.2 Å². The maximum atomic E-state index is 11.1. The summed E-state index contributed by atoms with van der Waals surface area (Å²) in [5.74, 6) is -1.89. The van der Waals surface area contributed by atoms with Crippen LogP contribution in [0.5, 0.6) is 0 Å². The van der Waals surface area contributed by atoms with E-state index >= 15 is 0 Å². The van der Waals surface area contributed by atoms with Crippen LogP contribution in [0.2, 0.25) is 0 Å². The Morgan fingerprint density at radius 3 is 1.45 bits per heavy atom. The molecule has 4 heteroatoms. The van der Waals surface area contributed by atoms with Crippen LogP contribution in [0, 0.1) is 0 Å². The van der Waals surface area contributed by atoms with Crippen molar-refractivity contribution in [2.45, 2.75) is 12.8 Å². The number of allylic oxidation sites excluding steroid dienone is 2. The highest BCUT2D eigenvalue weighted by Crippen LogP contribution is 2.12. The zero-order valence-electron chi connectivity index (χ0n) is 11.9. The van der Waals surface area contributed by atoms with Gasteiger partial charge in [0.2, 0.25) is 0 Å². The first kappa shape index (κ1) is 15.5. The van der Waals surface area contributed by atoms with Gasteiger partial charge in [-0.3, -0.25) is 0 Å². The number of hydrogen-bond acceptors (Lipinski definition) is 2. The summed E-state index contributed by atoms with van der Waals surface area (Å²) >= 11 is 0. The summed E-state index contributed by atoms with van der Waals surface area (Å²) in [7, 11) is 0. The second kappa shape index (κ2) is 7.22. The summed E-state index contributed by atoms with van der Waals surface area (Å²) in [6.45, 7) is 0. The lowest BCUT2D eigenvalue weighted by Gasteiger charge is -2.03. The molecule has 0 spiro atoms. The van der Waals surface area contributed by atoms with E-state index in [0.29, 0.717) is 12.8 Å². The monoisotopic (exact) mass is 296 g/mol. The van der Waals surface area contributed by atoms with Gasteiger partial charge in [-0.25, -0.2) is 9.59 Å². The molecule has 0 aromatic heterocycles. The summed E-state index contributed by atoms with van der Waals surface area (Å²) in [4.78, 5) is 22.2. The molecule has 0 aliphatic heterocycles. The third kappa shape index (κ3) is 3.82. The van der Waals surface area contributed by atoms with Gasteiger partial charge in [0.15, 0.2) is 0 Å². The first-order chi connectivity index (χ1) is 10.6. The third-order valence-corrected chi connectivity index (χ3v) is 3.34. The van der Waals surface area contributed by atoms with E-state index in [9.17, 15) is 9.59 Å². The SMILES string of the molecule is O=C(O)c1ccccc1C/C=C\Cc1ccccc1C(=O)O. The van der Waals surface area contributed by atoms with Crippen molar-refractivity contribution in [3.8, 4) is 0 Å². The smallest absolute Gasteiger partial charge is 0.335 e. The summed E-state index contributed by atoms with van der Waals surface area (Å²) in [5, 5.41) is 18.2. The molecule has 2 aromatic rings. The molecule has 0 amide bonds. The predicted octanol–water partition coefficient (Wildman–Crippen LogP) is 3.42. The molecule has 22 heavy (non-hydrogen) atoms. The number of hydrogen-bond donors (Lipinski definition) is 2. The Labute approximate surface area is 128 Å². The molecule has 2 rings (SSSR count). The van der Waals surface area contributed by atoms with Crippen molar-refractivity contribution in [3.05, 3.63) is 82.9 Å². The molecule has 0 saturated heterocycles. The molecule has 2 aromatic carbocycles. The van der Waals surface area contributed by atoms with Gasteiger partial charge in [0, 0.05) is 0 Å². The molecule has 0 aliphatic carbocycles. The van der Waals surface area contributed by atoms with Gasteiger partial charge in [-0.15, -0.1) is 0 Å². The van der Waals surface area contributed by atoms with E-state index in [4.69, 9.17) is 10.2 Å². The van der Waals surface area contributed by atoms with E-state index in [2.05, 4.69) is 0 Å². The molecule has 0 radical (unpaired) electrons. The van der Waals surface area contributed by atoms with Crippen LogP contribution in [0.3, 0.4) is 0 Å². The summed E-state index contributed by atoms with van der Waals surface area (Å²) < 4.78 is 0. The zero-order valence-corrected chi connectivity index (χ0v) is 11.9. The molecule has 0 unspecified atom stereocenters. The normalized spacial score (nSPS) is 10.7. The van der Waals surface area contributed by atoms with Crippen molar-refractivity contribution in [3.63, 3.8) is 0 Å². The number of carbonyl (C=O) groups is 2.